The molecule has 0 aliphatic heterocycles. The second-order valence-electron chi connectivity index (χ2n) is 4.64. The molecule has 0 saturated heterocycles. The van der Waals surface area contributed by atoms with Crippen molar-refractivity contribution in [1.29, 1.82) is 0 Å². The van der Waals surface area contributed by atoms with Crippen LogP contribution in [0.5, 0.6) is 0 Å². The van der Waals surface area contributed by atoms with E-state index < -0.39 is 16.0 Å². The molecule has 4 N–H and O–H groups in total. The lowest BCUT2D eigenvalue weighted by atomic mass is 10.1. The van der Waals surface area contributed by atoms with Crippen molar-refractivity contribution >= 4 is 39.0 Å². The largest absolute Gasteiger partial charge is 0.398 e. The maximum atomic E-state index is 12.1. The van der Waals surface area contributed by atoms with Gasteiger partial charge in [-0.1, -0.05) is 11.6 Å². The molecular formula is C14H13ClN2O4S. The number of carbonyl (C=O) groups excluding carboxylic acids is 1. The van der Waals surface area contributed by atoms with Crippen LogP contribution in [0, 0.1) is 6.92 Å². The highest BCUT2D eigenvalue weighted by atomic mass is 35.5. The summed E-state index contributed by atoms with van der Waals surface area (Å²) in [5, 5.41) is 2.99. The average molecular weight is 341 g/mol. The first-order chi connectivity index (χ1) is 10.2. The van der Waals surface area contributed by atoms with Gasteiger partial charge in [-0.15, -0.1) is 0 Å². The SMILES string of the molecule is Cc1cc(S(=O)(=O)O)ccc1NC(=O)c1ccc(Cl)c(N)c1. The highest BCUT2D eigenvalue weighted by molar-refractivity contribution is 7.85. The van der Waals surface area contributed by atoms with E-state index in [0.29, 0.717) is 21.8 Å². The number of nitrogen functional groups attached to an aromatic ring is 1. The highest BCUT2D eigenvalue weighted by Crippen LogP contribution is 2.22. The Hall–Kier alpha value is -2.09. The van der Waals surface area contributed by atoms with E-state index >= 15 is 0 Å². The number of rotatable bonds is 3. The molecule has 0 fully saturated rings. The quantitative estimate of drug-likeness (QED) is 0.588. The summed E-state index contributed by atoms with van der Waals surface area (Å²) in [6.45, 7) is 1.61. The lowest BCUT2D eigenvalue weighted by molar-refractivity contribution is 0.102. The Labute approximate surface area is 132 Å². The number of nitrogens with two attached hydrogens (primary N) is 1. The molecule has 22 heavy (non-hydrogen) atoms. The van der Waals surface area contributed by atoms with Crippen LogP contribution in [0.1, 0.15) is 15.9 Å². The van der Waals surface area contributed by atoms with Gasteiger partial charge < -0.3 is 11.1 Å². The third kappa shape index (κ3) is 3.56. The fourth-order valence-electron chi connectivity index (χ4n) is 1.82. The van der Waals surface area contributed by atoms with Crippen molar-refractivity contribution in [3.05, 3.63) is 52.5 Å². The first kappa shape index (κ1) is 16.3. The van der Waals surface area contributed by atoms with E-state index in [1.807, 2.05) is 0 Å². The van der Waals surface area contributed by atoms with Crippen LogP contribution >= 0.6 is 11.6 Å². The van der Waals surface area contributed by atoms with Crippen molar-refractivity contribution in [3.63, 3.8) is 0 Å². The van der Waals surface area contributed by atoms with Gasteiger partial charge in [-0.25, -0.2) is 0 Å². The van der Waals surface area contributed by atoms with Crippen LogP contribution in [-0.2, 0) is 10.1 Å². The zero-order valence-corrected chi connectivity index (χ0v) is 13.1. The molecule has 0 atom stereocenters. The van der Waals surface area contributed by atoms with E-state index in [9.17, 15) is 13.2 Å². The zero-order chi connectivity index (χ0) is 16.5. The second-order valence-corrected chi connectivity index (χ2v) is 6.47. The van der Waals surface area contributed by atoms with Crippen molar-refractivity contribution in [1.82, 2.24) is 0 Å². The molecule has 0 unspecified atom stereocenters. The lowest BCUT2D eigenvalue weighted by Gasteiger charge is -2.10. The summed E-state index contributed by atoms with van der Waals surface area (Å²) in [5.74, 6) is -0.411. The summed E-state index contributed by atoms with van der Waals surface area (Å²) in [4.78, 5) is 11.9. The van der Waals surface area contributed by atoms with Gasteiger partial charge in [-0.2, -0.15) is 8.42 Å². The first-order valence-corrected chi connectivity index (χ1v) is 7.95. The van der Waals surface area contributed by atoms with Crippen LogP contribution in [-0.4, -0.2) is 18.9 Å². The van der Waals surface area contributed by atoms with Gasteiger partial charge in [0.05, 0.1) is 15.6 Å². The van der Waals surface area contributed by atoms with Gasteiger partial charge in [0.25, 0.3) is 16.0 Å². The fraction of sp³-hybridized carbons (Fsp3) is 0.0714. The van der Waals surface area contributed by atoms with E-state index in [1.54, 1.807) is 6.92 Å². The zero-order valence-electron chi connectivity index (χ0n) is 11.5. The summed E-state index contributed by atoms with van der Waals surface area (Å²) in [6, 6.07) is 8.35. The second kappa shape index (κ2) is 5.96. The van der Waals surface area contributed by atoms with Crippen molar-refractivity contribution in [2.24, 2.45) is 0 Å². The number of carbonyl (C=O) groups is 1. The molecule has 1 amide bonds. The number of aryl methyl sites for hydroxylation is 1. The highest BCUT2D eigenvalue weighted by Gasteiger charge is 2.13. The molecule has 0 spiro atoms. The van der Waals surface area contributed by atoms with Gasteiger partial charge in [0.15, 0.2) is 0 Å². The monoisotopic (exact) mass is 340 g/mol. The minimum absolute atomic E-state index is 0.237. The van der Waals surface area contributed by atoms with Gasteiger partial charge in [0, 0.05) is 11.3 Å². The number of amides is 1. The molecule has 2 rings (SSSR count). The Morgan fingerprint density at radius 1 is 1.23 bits per heavy atom. The summed E-state index contributed by atoms with van der Waals surface area (Å²) in [7, 11) is -4.28. The molecule has 2 aromatic carbocycles. The fourth-order valence-corrected chi connectivity index (χ4v) is 2.50. The Morgan fingerprint density at radius 3 is 2.45 bits per heavy atom. The third-order valence-corrected chi connectivity index (χ3v) is 4.20. The number of hydrogen-bond donors (Lipinski definition) is 3. The molecule has 6 nitrogen and oxygen atoms in total. The Kier molecular flexibility index (Phi) is 4.41. The molecule has 0 saturated carbocycles. The number of hydrogen-bond acceptors (Lipinski definition) is 4. The summed E-state index contributed by atoms with van der Waals surface area (Å²) in [5.41, 5.74) is 7.16. The standard InChI is InChI=1S/C14H13ClN2O4S/c1-8-6-10(22(19,20)21)3-5-13(8)17-14(18)9-2-4-11(15)12(16)7-9/h2-7H,16H2,1H3,(H,17,18)(H,19,20,21). The van der Waals surface area contributed by atoms with E-state index in [4.69, 9.17) is 21.9 Å². The predicted octanol–water partition coefficient (Wildman–Crippen LogP) is 2.73. The topological polar surface area (TPSA) is 109 Å². The van der Waals surface area contributed by atoms with Crippen LogP contribution in [0.3, 0.4) is 0 Å². The molecular weight excluding hydrogens is 328 g/mol. The van der Waals surface area contributed by atoms with Crippen LogP contribution in [0.15, 0.2) is 41.3 Å². The molecule has 2 aromatic rings. The van der Waals surface area contributed by atoms with Crippen LogP contribution in [0.25, 0.3) is 0 Å². The van der Waals surface area contributed by atoms with Crippen molar-refractivity contribution in [2.45, 2.75) is 11.8 Å². The van der Waals surface area contributed by atoms with Crippen LogP contribution in [0.4, 0.5) is 11.4 Å². The summed E-state index contributed by atoms with van der Waals surface area (Å²) < 4.78 is 31.1. The molecule has 8 heteroatoms. The van der Waals surface area contributed by atoms with Gasteiger partial charge in [-0.05, 0) is 48.9 Å². The normalized spacial score (nSPS) is 11.2. The molecule has 0 radical (unpaired) electrons. The molecule has 0 aliphatic carbocycles. The van der Waals surface area contributed by atoms with Gasteiger partial charge in [-0.3, -0.25) is 9.35 Å². The molecule has 0 aliphatic rings. The smallest absolute Gasteiger partial charge is 0.294 e. The predicted molar refractivity (Wildman–Crippen MR) is 84.8 cm³/mol. The van der Waals surface area contributed by atoms with Gasteiger partial charge >= 0.3 is 0 Å². The Bertz CT molecular complexity index is 850. The maximum absolute atomic E-state index is 12.1. The number of nitrogens with one attached hydrogen (secondary N) is 1. The number of halogens is 1. The Balaban J connectivity index is 2.27. The number of anilines is 2. The Morgan fingerprint density at radius 2 is 1.91 bits per heavy atom. The average Bonchev–Trinajstić information content (AvgIpc) is 2.42. The van der Waals surface area contributed by atoms with E-state index in [-0.39, 0.29) is 10.6 Å². The summed E-state index contributed by atoms with van der Waals surface area (Å²) >= 11 is 5.79. The van der Waals surface area contributed by atoms with E-state index in [2.05, 4.69) is 5.32 Å². The van der Waals surface area contributed by atoms with Crippen molar-refractivity contribution in [3.8, 4) is 0 Å². The molecule has 0 bridgehead atoms. The molecule has 116 valence electrons. The van der Waals surface area contributed by atoms with Crippen LogP contribution < -0.4 is 11.1 Å². The van der Waals surface area contributed by atoms with E-state index in [0.717, 1.165) is 0 Å². The maximum Gasteiger partial charge on any atom is 0.294 e. The van der Waals surface area contributed by atoms with Crippen LogP contribution in [0.2, 0.25) is 5.02 Å². The van der Waals surface area contributed by atoms with E-state index in [1.165, 1.54) is 36.4 Å². The minimum Gasteiger partial charge on any atom is -0.398 e. The first-order valence-electron chi connectivity index (χ1n) is 6.13. The number of benzene rings is 2. The lowest BCUT2D eigenvalue weighted by Crippen LogP contribution is -2.13. The van der Waals surface area contributed by atoms with Gasteiger partial charge in [0.2, 0.25) is 0 Å². The molecule has 0 heterocycles. The van der Waals surface area contributed by atoms with Gasteiger partial charge in [0.1, 0.15) is 0 Å². The van der Waals surface area contributed by atoms with Crippen molar-refractivity contribution in [2.75, 3.05) is 11.1 Å². The summed E-state index contributed by atoms with van der Waals surface area (Å²) in [6.07, 6.45) is 0. The molecule has 0 aromatic heterocycles. The third-order valence-electron chi connectivity index (χ3n) is 3.00. The minimum atomic E-state index is -4.28. The van der Waals surface area contributed by atoms with Crippen molar-refractivity contribution < 1.29 is 17.8 Å².